The molecule has 27 heavy (non-hydrogen) atoms. The zero-order valence-electron chi connectivity index (χ0n) is 17.9. The highest BCUT2D eigenvalue weighted by atomic mass is 16.5. The van der Waals surface area contributed by atoms with Crippen LogP contribution in [0.1, 0.15) is 115 Å². The van der Waals surface area contributed by atoms with Gasteiger partial charge in [-0.3, -0.25) is 4.79 Å². The summed E-state index contributed by atoms with van der Waals surface area (Å²) >= 11 is 0. The fraction of sp³-hybridized carbons (Fsp3) is 0.720. The normalized spacial score (nSPS) is 12.1. The Morgan fingerprint density at radius 2 is 1.22 bits per heavy atom. The van der Waals surface area contributed by atoms with E-state index in [1.807, 2.05) is 37.3 Å². The summed E-state index contributed by atoms with van der Waals surface area (Å²) in [6.45, 7) is 4.89. The Morgan fingerprint density at radius 3 is 1.70 bits per heavy atom. The molecule has 0 aromatic heterocycles. The minimum absolute atomic E-state index is 0.0670. The molecule has 1 aromatic rings. The first kappa shape index (κ1) is 23.7. The van der Waals surface area contributed by atoms with Gasteiger partial charge in [0.15, 0.2) is 0 Å². The second-order valence-electron chi connectivity index (χ2n) is 7.78. The number of benzene rings is 1. The summed E-state index contributed by atoms with van der Waals surface area (Å²) < 4.78 is 5.51. The van der Waals surface area contributed by atoms with Gasteiger partial charge in [-0.1, -0.05) is 121 Å². The molecule has 0 amide bonds. The molecule has 0 bridgehead atoms. The Bertz CT molecular complexity index is 455. The molecule has 0 saturated heterocycles. The van der Waals surface area contributed by atoms with Crippen molar-refractivity contribution < 1.29 is 9.53 Å². The van der Waals surface area contributed by atoms with Gasteiger partial charge in [-0.25, -0.2) is 0 Å². The van der Waals surface area contributed by atoms with Crippen LogP contribution in [-0.2, 0) is 9.53 Å². The fourth-order valence-electron chi connectivity index (χ4n) is 3.62. The van der Waals surface area contributed by atoms with Gasteiger partial charge in [-0.15, -0.1) is 0 Å². The van der Waals surface area contributed by atoms with Gasteiger partial charge in [-0.05, 0) is 18.4 Å². The number of unbranched alkanes of at least 4 members (excludes halogenated alkanes) is 12. The summed E-state index contributed by atoms with van der Waals surface area (Å²) in [6, 6.07) is 9.98. The highest BCUT2D eigenvalue weighted by molar-refractivity contribution is 5.78. The number of rotatable bonds is 17. The molecule has 1 aromatic carbocycles. The highest BCUT2D eigenvalue weighted by Crippen LogP contribution is 2.21. The maximum atomic E-state index is 12.3. The number of carbonyl (C=O) groups is 1. The van der Waals surface area contributed by atoms with Crippen molar-refractivity contribution in [3.05, 3.63) is 35.9 Å². The van der Waals surface area contributed by atoms with Crippen LogP contribution in [0.4, 0.5) is 0 Å². The number of carbonyl (C=O) groups excluding carboxylic acids is 1. The molecule has 0 saturated carbocycles. The standard InChI is InChI=1S/C25H42O2/c1-3-5-6-7-8-9-10-11-12-13-14-15-19-22-27-25(26)24(4-2)23-20-17-16-18-21-23/h16-18,20-21,24H,3-15,19,22H2,1-2H3. The van der Waals surface area contributed by atoms with Gasteiger partial charge in [0.05, 0.1) is 12.5 Å². The second kappa shape index (κ2) is 16.8. The first-order valence-corrected chi connectivity index (χ1v) is 11.5. The van der Waals surface area contributed by atoms with Crippen molar-refractivity contribution in [3.8, 4) is 0 Å². The van der Waals surface area contributed by atoms with E-state index in [2.05, 4.69) is 6.92 Å². The molecule has 0 aliphatic carbocycles. The lowest BCUT2D eigenvalue weighted by atomic mass is 9.97. The van der Waals surface area contributed by atoms with Crippen molar-refractivity contribution in [2.24, 2.45) is 0 Å². The lowest BCUT2D eigenvalue weighted by Gasteiger charge is -2.14. The molecule has 1 unspecified atom stereocenters. The largest absolute Gasteiger partial charge is 0.465 e. The van der Waals surface area contributed by atoms with Crippen LogP contribution in [0.2, 0.25) is 0 Å². The zero-order chi connectivity index (χ0) is 19.6. The smallest absolute Gasteiger partial charge is 0.313 e. The topological polar surface area (TPSA) is 26.3 Å². The maximum Gasteiger partial charge on any atom is 0.313 e. The fourth-order valence-corrected chi connectivity index (χ4v) is 3.62. The minimum Gasteiger partial charge on any atom is -0.465 e. The Labute approximate surface area is 168 Å². The summed E-state index contributed by atoms with van der Waals surface area (Å²) in [5.41, 5.74) is 1.07. The minimum atomic E-state index is -0.117. The van der Waals surface area contributed by atoms with Gasteiger partial charge < -0.3 is 4.74 Å². The highest BCUT2D eigenvalue weighted by Gasteiger charge is 2.19. The predicted octanol–water partition coefficient (Wildman–Crippen LogP) is 7.81. The lowest BCUT2D eigenvalue weighted by molar-refractivity contribution is -0.145. The van der Waals surface area contributed by atoms with Crippen LogP contribution >= 0.6 is 0 Å². The van der Waals surface area contributed by atoms with Crippen molar-refractivity contribution in [1.82, 2.24) is 0 Å². The van der Waals surface area contributed by atoms with Crippen LogP contribution in [0, 0.1) is 0 Å². The molecule has 1 atom stereocenters. The third kappa shape index (κ3) is 11.9. The first-order chi connectivity index (χ1) is 13.3. The molecule has 154 valence electrons. The SMILES string of the molecule is CCCCCCCCCCCCCCCOC(=O)C(CC)c1ccccc1. The van der Waals surface area contributed by atoms with Gasteiger partial charge in [0.1, 0.15) is 0 Å². The predicted molar refractivity (Wildman–Crippen MR) is 116 cm³/mol. The van der Waals surface area contributed by atoms with Gasteiger partial charge in [0.2, 0.25) is 0 Å². The van der Waals surface area contributed by atoms with E-state index in [1.165, 1.54) is 77.0 Å². The Balaban J connectivity index is 1.93. The molecule has 2 heteroatoms. The molecule has 0 fully saturated rings. The van der Waals surface area contributed by atoms with Crippen LogP contribution < -0.4 is 0 Å². The molecular weight excluding hydrogens is 332 g/mol. The van der Waals surface area contributed by atoms with Gasteiger partial charge in [-0.2, -0.15) is 0 Å². The molecule has 0 heterocycles. The maximum absolute atomic E-state index is 12.3. The van der Waals surface area contributed by atoms with E-state index < -0.39 is 0 Å². The van der Waals surface area contributed by atoms with E-state index in [0.717, 1.165) is 18.4 Å². The van der Waals surface area contributed by atoms with E-state index in [0.29, 0.717) is 6.61 Å². The van der Waals surface area contributed by atoms with E-state index >= 15 is 0 Å². The second-order valence-corrected chi connectivity index (χ2v) is 7.78. The summed E-state index contributed by atoms with van der Waals surface area (Å²) in [4.78, 5) is 12.3. The molecule has 0 aliphatic rings. The summed E-state index contributed by atoms with van der Waals surface area (Å²) in [5, 5.41) is 0. The Kier molecular flexibility index (Phi) is 14.8. The molecule has 0 N–H and O–H groups in total. The molecule has 0 radical (unpaired) electrons. The number of ether oxygens (including phenoxy) is 1. The van der Waals surface area contributed by atoms with E-state index in [4.69, 9.17) is 4.74 Å². The van der Waals surface area contributed by atoms with E-state index in [9.17, 15) is 4.79 Å². The van der Waals surface area contributed by atoms with E-state index in [-0.39, 0.29) is 11.9 Å². The third-order valence-corrected chi connectivity index (χ3v) is 5.39. The average Bonchev–Trinajstić information content (AvgIpc) is 2.69. The van der Waals surface area contributed by atoms with Crippen molar-refractivity contribution in [2.45, 2.75) is 110 Å². The van der Waals surface area contributed by atoms with Gasteiger partial charge >= 0.3 is 5.97 Å². The lowest BCUT2D eigenvalue weighted by Crippen LogP contribution is -2.16. The van der Waals surface area contributed by atoms with Crippen LogP contribution in [-0.4, -0.2) is 12.6 Å². The Hall–Kier alpha value is -1.31. The molecular formula is C25H42O2. The average molecular weight is 375 g/mol. The summed E-state index contributed by atoms with van der Waals surface area (Å²) in [7, 11) is 0. The molecule has 2 nitrogen and oxygen atoms in total. The van der Waals surface area contributed by atoms with Crippen molar-refractivity contribution in [2.75, 3.05) is 6.61 Å². The van der Waals surface area contributed by atoms with Crippen LogP contribution in [0.3, 0.4) is 0 Å². The number of hydrogen-bond donors (Lipinski definition) is 0. The zero-order valence-corrected chi connectivity index (χ0v) is 17.9. The van der Waals surface area contributed by atoms with Crippen molar-refractivity contribution >= 4 is 5.97 Å². The molecule has 1 rings (SSSR count). The van der Waals surface area contributed by atoms with Gasteiger partial charge in [0.25, 0.3) is 0 Å². The monoisotopic (exact) mass is 374 g/mol. The quantitative estimate of drug-likeness (QED) is 0.205. The van der Waals surface area contributed by atoms with Crippen LogP contribution in [0.25, 0.3) is 0 Å². The molecule has 0 spiro atoms. The van der Waals surface area contributed by atoms with Crippen LogP contribution in [0.5, 0.6) is 0 Å². The first-order valence-electron chi connectivity index (χ1n) is 11.5. The van der Waals surface area contributed by atoms with Crippen molar-refractivity contribution in [3.63, 3.8) is 0 Å². The van der Waals surface area contributed by atoms with E-state index in [1.54, 1.807) is 0 Å². The summed E-state index contributed by atoms with van der Waals surface area (Å²) in [5.74, 6) is -0.184. The summed E-state index contributed by atoms with van der Waals surface area (Å²) in [6.07, 6.45) is 18.1. The Morgan fingerprint density at radius 1 is 0.741 bits per heavy atom. The number of hydrogen-bond acceptors (Lipinski definition) is 2. The van der Waals surface area contributed by atoms with Gasteiger partial charge in [0, 0.05) is 0 Å². The third-order valence-electron chi connectivity index (χ3n) is 5.39. The van der Waals surface area contributed by atoms with Crippen LogP contribution in [0.15, 0.2) is 30.3 Å². The molecule has 0 aliphatic heterocycles. The number of esters is 1. The van der Waals surface area contributed by atoms with Crippen molar-refractivity contribution in [1.29, 1.82) is 0 Å².